The molecule has 1 saturated heterocycles. The van der Waals surface area contributed by atoms with Crippen molar-refractivity contribution in [1.29, 1.82) is 0 Å². The first-order chi connectivity index (χ1) is 19.3. The van der Waals surface area contributed by atoms with Crippen LogP contribution in [0.4, 0.5) is 17.1 Å². The Labute approximate surface area is 232 Å². The predicted octanol–water partition coefficient (Wildman–Crippen LogP) is 2.98. The van der Waals surface area contributed by atoms with Gasteiger partial charge in [0.15, 0.2) is 5.78 Å². The number of Topliss-reactive ketones (excluding diaryl/α,β-unsaturated/α-hetero) is 1. The first-order valence-electron chi connectivity index (χ1n) is 13.2. The van der Waals surface area contributed by atoms with Gasteiger partial charge in [0.05, 0.1) is 23.5 Å². The van der Waals surface area contributed by atoms with Gasteiger partial charge in [0.1, 0.15) is 0 Å². The first-order valence-corrected chi connectivity index (χ1v) is 13.2. The van der Waals surface area contributed by atoms with Crippen LogP contribution in [0.1, 0.15) is 39.9 Å². The number of hydrazine groups is 1. The number of amides is 1. The zero-order valence-electron chi connectivity index (χ0n) is 22.4. The zero-order valence-corrected chi connectivity index (χ0v) is 22.4. The van der Waals surface area contributed by atoms with Crippen molar-refractivity contribution in [1.82, 2.24) is 10.3 Å². The number of rotatable bonds is 8. The molecule has 40 heavy (non-hydrogen) atoms. The summed E-state index contributed by atoms with van der Waals surface area (Å²) in [5.74, 6) is -0.640. The number of para-hydroxylation sites is 2. The van der Waals surface area contributed by atoms with Crippen LogP contribution in [0.3, 0.4) is 0 Å². The number of guanidine groups is 1. The smallest absolute Gasteiger partial charge is 0.381 e. The van der Waals surface area contributed by atoms with Crippen molar-refractivity contribution in [2.24, 2.45) is 10.7 Å². The molecule has 10 nitrogen and oxygen atoms in total. The number of ketones is 1. The number of epoxide rings is 1. The van der Waals surface area contributed by atoms with E-state index in [1.54, 1.807) is 17.0 Å². The Morgan fingerprint density at radius 3 is 2.58 bits per heavy atom. The molecule has 0 bridgehead atoms. The van der Waals surface area contributed by atoms with E-state index in [-0.39, 0.29) is 37.0 Å². The SMILES string of the molecule is CN(C)c1ccccc1C1(N2Cc3ccc(C(=O)CCC(=O)NN4CCc5ccccc54)cc3N=C2N)OC1=O. The summed E-state index contributed by atoms with van der Waals surface area (Å²) in [6, 6.07) is 20.7. The van der Waals surface area contributed by atoms with Crippen molar-refractivity contribution in [2.45, 2.75) is 31.5 Å². The van der Waals surface area contributed by atoms with Crippen molar-refractivity contribution in [2.75, 3.05) is 30.5 Å². The molecule has 10 heteroatoms. The predicted molar refractivity (Wildman–Crippen MR) is 151 cm³/mol. The van der Waals surface area contributed by atoms with Crippen LogP contribution in [0.25, 0.3) is 0 Å². The van der Waals surface area contributed by atoms with Crippen LogP contribution in [0.2, 0.25) is 0 Å². The largest absolute Gasteiger partial charge is 0.418 e. The highest BCUT2D eigenvalue weighted by molar-refractivity contribution is 6.02. The molecule has 3 heterocycles. The van der Waals surface area contributed by atoms with Gasteiger partial charge in [0.2, 0.25) is 11.9 Å². The summed E-state index contributed by atoms with van der Waals surface area (Å²) in [5, 5.41) is 1.84. The molecule has 3 aromatic rings. The number of nitrogens with one attached hydrogen (secondary N) is 1. The molecule has 0 saturated carbocycles. The van der Waals surface area contributed by atoms with Crippen molar-refractivity contribution in [3.05, 3.63) is 89.0 Å². The van der Waals surface area contributed by atoms with Gasteiger partial charge in [0, 0.05) is 44.7 Å². The summed E-state index contributed by atoms with van der Waals surface area (Å²) >= 11 is 0. The lowest BCUT2D eigenvalue weighted by atomic mass is 9.99. The maximum Gasteiger partial charge on any atom is 0.381 e. The first kappa shape index (κ1) is 25.4. The molecule has 3 aliphatic rings. The Kier molecular flexibility index (Phi) is 6.17. The van der Waals surface area contributed by atoms with E-state index < -0.39 is 11.7 Å². The Bertz CT molecular complexity index is 1570. The molecule has 1 fully saturated rings. The molecule has 0 spiro atoms. The number of benzene rings is 3. The molecular weight excluding hydrogens is 508 g/mol. The number of nitrogens with two attached hydrogens (primary N) is 1. The number of carbonyl (C=O) groups is 3. The molecule has 0 aromatic heterocycles. The van der Waals surface area contributed by atoms with E-state index in [0.717, 1.165) is 23.4 Å². The fourth-order valence-corrected chi connectivity index (χ4v) is 5.45. The van der Waals surface area contributed by atoms with Crippen LogP contribution < -0.4 is 21.1 Å². The molecule has 1 unspecified atom stereocenters. The van der Waals surface area contributed by atoms with Crippen molar-refractivity contribution < 1.29 is 19.1 Å². The van der Waals surface area contributed by atoms with Gasteiger partial charge in [-0.25, -0.2) is 9.79 Å². The third-order valence-electron chi connectivity index (χ3n) is 7.58. The van der Waals surface area contributed by atoms with Gasteiger partial charge in [-0.2, -0.15) is 0 Å². The van der Waals surface area contributed by atoms with Gasteiger partial charge in [-0.3, -0.25) is 24.9 Å². The Morgan fingerprint density at radius 2 is 1.80 bits per heavy atom. The number of nitrogens with zero attached hydrogens (tertiary/aromatic N) is 4. The minimum absolute atomic E-state index is 0.0677. The number of anilines is 2. The molecule has 3 N–H and O–H groups in total. The van der Waals surface area contributed by atoms with E-state index in [2.05, 4.69) is 10.4 Å². The highest BCUT2D eigenvalue weighted by Crippen LogP contribution is 2.49. The number of fused-ring (bicyclic) bond motifs is 2. The summed E-state index contributed by atoms with van der Waals surface area (Å²) in [7, 11) is 3.80. The number of hydrogen-bond donors (Lipinski definition) is 2. The molecule has 0 aliphatic carbocycles. The van der Waals surface area contributed by atoms with Crippen LogP contribution in [-0.4, -0.2) is 49.2 Å². The summed E-state index contributed by atoms with van der Waals surface area (Å²) in [5.41, 5.74) is 13.5. The molecule has 6 rings (SSSR count). The van der Waals surface area contributed by atoms with Gasteiger partial charge < -0.3 is 15.4 Å². The number of cyclic esters (lactones) is 1. The zero-order chi connectivity index (χ0) is 28.0. The van der Waals surface area contributed by atoms with Crippen molar-refractivity contribution >= 4 is 40.7 Å². The van der Waals surface area contributed by atoms with E-state index in [1.807, 2.05) is 78.6 Å². The summed E-state index contributed by atoms with van der Waals surface area (Å²) in [6.07, 6.45) is 1.01. The number of ether oxygens (including phenoxy) is 1. The standard InChI is InChI=1S/C30H30N6O4/c1-34(2)25-10-6-4-8-22(25)30(28(39)40-30)35-18-21-12-11-20(17-23(21)32-29(35)31)26(37)13-14-27(38)33-36-16-15-19-7-3-5-9-24(19)36/h3-12,17H,13-16,18H2,1-2H3,(H2,31,32)(H,33,38). The van der Waals surface area contributed by atoms with E-state index in [1.165, 1.54) is 5.56 Å². The lowest BCUT2D eigenvalue weighted by molar-refractivity contribution is -0.121. The van der Waals surface area contributed by atoms with Crippen molar-refractivity contribution in [3.63, 3.8) is 0 Å². The quantitative estimate of drug-likeness (QED) is 0.331. The minimum atomic E-state index is -1.34. The Morgan fingerprint density at radius 1 is 1.05 bits per heavy atom. The lowest BCUT2D eigenvalue weighted by Crippen LogP contribution is -2.47. The van der Waals surface area contributed by atoms with E-state index in [0.29, 0.717) is 23.4 Å². The van der Waals surface area contributed by atoms with Crippen LogP contribution in [0.5, 0.6) is 0 Å². The highest BCUT2D eigenvalue weighted by atomic mass is 16.7. The molecular formula is C30H30N6O4. The van der Waals surface area contributed by atoms with Crippen LogP contribution in [-0.2, 0) is 33.0 Å². The fourth-order valence-electron chi connectivity index (χ4n) is 5.45. The average molecular weight is 539 g/mol. The fraction of sp³-hybridized carbons (Fsp3) is 0.267. The number of carbonyl (C=O) groups excluding carboxylic acids is 3. The normalized spacial score (nSPS) is 18.9. The molecule has 3 aromatic carbocycles. The van der Waals surface area contributed by atoms with Gasteiger partial charge in [-0.05, 0) is 35.7 Å². The van der Waals surface area contributed by atoms with Gasteiger partial charge in [-0.15, -0.1) is 0 Å². The van der Waals surface area contributed by atoms with Gasteiger partial charge in [0.25, 0.3) is 0 Å². The Balaban J connectivity index is 1.14. The molecule has 0 radical (unpaired) electrons. The molecule has 1 amide bonds. The maximum atomic E-state index is 13.0. The minimum Gasteiger partial charge on any atom is -0.418 e. The number of aliphatic imine (C=N–C) groups is 1. The summed E-state index contributed by atoms with van der Waals surface area (Å²) < 4.78 is 5.59. The van der Waals surface area contributed by atoms with Crippen LogP contribution in [0, 0.1) is 0 Å². The lowest BCUT2D eigenvalue weighted by Gasteiger charge is -2.33. The third-order valence-corrected chi connectivity index (χ3v) is 7.58. The molecule has 3 aliphatic heterocycles. The maximum absolute atomic E-state index is 13.0. The van der Waals surface area contributed by atoms with Crippen LogP contribution >= 0.6 is 0 Å². The van der Waals surface area contributed by atoms with Gasteiger partial charge in [-0.1, -0.05) is 48.5 Å². The molecule has 204 valence electrons. The van der Waals surface area contributed by atoms with Gasteiger partial charge >= 0.3 is 11.7 Å². The monoisotopic (exact) mass is 538 g/mol. The van der Waals surface area contributed by atoms with E-state index in [9.17, 15) is 14.4 Å². The van der Waals surface area contributed by atoms with E-state index >= 15 is 0 Å². The second kappa shape index (κ2) is 9.71. The van der Waals surface area contributed by atoms with Crippen molar-refractivity contribution in [3.8, 4) is 0 Å². The Hall–Kier alpha value is -4.86. The topological polar surface area (TPSA) is 124 Å². The average Bonchev–Trinajstić information content (AvgIpc) is 3.47. The third kappa shape index (κ3) is 4.31. The molecule has 1 atom stereocenters. The number of hydrogen-bond acceptors (Lipinski definition) is 9. The summed E-state index contributed by atoms with van der Waals surface area (Å²) in [6.45, 7) is 0.991. The second-order valence-corrected chi connectivity index (χ2v) is 10.3. The second-order valence-electron chi connectivity index (χ2n) is 10.3. The summed E-state index contributed by atoms with van der Waals surface area (Å²) in [4.78, 5) is 46.3. The van der Waals surface area contributed by atoms with Crippen LogP contribution in [0.15, 0.2) is 71.7 Å². The van der Waals surface area contributed by atoms with E-state index in [4.69, 9.17) is 10.5 Å². The highest BCUT2D eigenvalue weighted by Gasteiger charge is 2.66.